The predicted octanol–water partition coefficient (Wildman–Crippen LogP) is 7.34. The van der Waals surface area contributed by atoms with E-state index in [4.69, 9.17) is 16.6 Å². The lowest BCUT2D eigenvalue weighted by Crippen LogP contribution is -2.35. The Labute approximate surface area is 199 Å². The molecule has 0 unspecified atom stereocenters. The Morgan fingerprint density at radius 3 is 2.38 bits per heavy atom. The van der Waals surface area contributed by atoms with Crippen LogP contribution in [-0.2, 0) is 12.8 Å². The van der Waals surface area contributed by atoms with Crippen LogP contribution in [0.4, 0.5) is 5.82 Å². The van der Waals surface area contributed by atoms with E-state index in [1.165, 1.54) is 40.0 Å². The maximum atomic E-state index is 6.38. The summed E-state index contributed by atoms with van der Waals surface area (Å²) in [4.78, 5) is 14.0. The average Bonchev–Trinajstić information content (AvgIpc) is 3.15. The first kappa shape index (κ1) is 21.4. The lowest BCUT2D eigenvalue weighted by molar-refractivity contribution is 0.403. The van der Waals surface area contributed by atoms with E-state index < -0.39 is 0 Å². The van der Waals surface area contributed by atoms with Crippen LogP contribution in [0.1, 0.15) is 35.8 Å². The number of rotatable bonds is 5. The number of halogens is 1. The summed E-state index contributed by atoms with van der Waals surface area (Å²) in [6.45, 7) is 6.38. The van der Waals surface area contributed by atoms with E-state index >= 15 is 0 Å². The van der Waals surface area contributed by atoms with Crippen LogP contribution in [0, 0.1) is 12.8 Å². The Morgan fingerprint density at radius 1 is 0.969 bits per heavy atom. The molecule has 2 aromatic heterocycles. The highest BCUT2D eigenvalue weighted by molar-refractivity contribution is 7.19. The van der Waals surface area contributed by atoms with E-state index in [0.29, 0.717) is 11.2 Å². The summed E-state index contributed by atoms with van der Waals surface area (Å²) in [5.74, 6) is 1.71. The summed E-state index contributed by atoms with van der Waals surface area (Å²) in [5, 5.41) is 1.50. The van der Waals surface area contributed by atoms with E-state index in [1.807, 2.05) is 0 Å². The number of thiophene rings is 1. The van der Waals surface area contributed by atoms with Gasteiger partial charge in [0.25, 0.3) is 0 Å². The second-order valence-electron chi connectivity index (χ2n) is 8.70. The van der Waals surface area contributed by atoms with Gasteiger partial charge in [-0.05, 0) is 66.8 Å². The highest BCUT2D eigenvalue weighted by Crippen LogP contribution is 2.43. The zero-order valence-corrected chi connectivity index (χ0v) is 20.2. The lowest BCUT2D eigenvalue weighted by atomic mass is 9.90. The van der Waals surface area contributed by atoms with Crippen LogP contribution in [-0.4, -0.2) is 23.1 Å². The van der Waals surface area contributed by atoms with Crippen molar-refractivity contribution in [2.75, 3.05) is 18.0 Å². The van der Waals surface area contributed by atoms with Crippen molar-refractivity contribution in [1.29, 1.82) is 0 Å². The van der Waals surface area contributed by atoms with Gasteiger partial charge in [0, 0.05) is 23.5 Å². The molecule has 0 radical (unpaired) electrons. The van der Waals surface area contributed by atoms with Crippen molar-refractivity contribution in [2.24, 2.45) is 5.92 Å². The molecule has 0 aliphatic carbocycles. The molecule has 5 rings (SSSR count). The van der Waals surface area contributed by atoms with Gasteiger partial charge >= 0.3 is 0 Å². The molecule has 1 saturated heterocycles. The third-order valence-corrected chi connectivity index (χ3v) is 7.78. The minimum Gasteiger partial charge on any atom is -0.356 e. The van der Waals surface area contributed by atoms with Crippen molar-refractivity contribution >= 4 is 39.0 Å². The number of anilines is 1. The Bertz CT molecular complexity index is 1210. The third-order valence-electron chi connectivity index (χ3n) is 6.61. The number of hydrogen-bond donors (Lipinski definition) is 0. The topological polar surface area (TPSA) is 29.0 Å². The fourth-order valence-electron chi connectivity index (χ4n) is 4.85. The van der Waals surface area contributed by atoms with Gasteiger partial charge in [-0.1, -0.05) is 61.5 Å². The number of nitrogens with zero attached hydrogens (tertiary/aromatic N) is 3. The van der Waals surface area contributed by atoms with Crippen LogP contribution < -0.4 is 4.90 Å². The Hall–Kier alpha value is -2.43. The smallest absolute Gasteiger partial charge is 0.225 e. The minimum atomic E-state index is 0.341. The summed E-state index contributed by atoms with van der Waals surface area (Å²) < 4.78 is 0. The van der Waals surface area contributed by atoms with Crippen LogP contribution in [0.25, 0.3) is 21.3 Å². The molecule has 4 aromatic rings. The summed E-state index contributed by atoms with van der Waals surface area (Å²) in [5.41, 5.74) is 5.28. The first-order valence-electron chi connectivity index (χ1n) is 11.5. The highest BCUT2D eigenvalue weighted by atomic mass is 35.5. The Kier molecular flexibility index (Phi) is 6.16. The van der Waals surface area contributed by atoms with Gasteiger partial charge in [-0.3, -0.25) is 0 Å². The maximum Gasteiger partial charge on any atom is 0.225 e. The molecular weight excluding hydrogens is 434 g/mol. The number of hydrogen-bond acceptors (Lipinski definition) is 4. The average molecular weight is 462 g/mol. The predicted molar refractivity (Wildman–Crippen MR) is 137 cm³/mol. The van der Waals surface area contributed by atoms with Gasteiger partial charge in [0.05, 0.1) is 5.39 Å². The van der Waals surface area contributed by atoms with Crippen LogP contribution in [0.15, 0.2) is 54.6 Å². The molecule has 0 bridgehead atoms. The van der Waals surface area contributed by atoms with Gasteiger partial charge in [-0.25, -0.2) is 4.98 Å². The number of piperidine rings is 1. The van der Waals surface area contributed by atoms with E-state index in [9.17, 15) is 0 Å². The number of aromatic nitrogens is 2. The van der Waals surface area contributed by atoms with Crippen molar-refractivity contribution < 1.29 is 0 Å². The van der Waals surface area contributed by atoms with Crippen molar-refractivity contribution in [2.45, 2.75) is 39.5 Å². The molecule has 3 heterocycles. The lowest BCUT2D eigenvalue weighted by Gasteiger charge is -2.33. The van der Waals surface area contributed by atoms with Crippen molar-refractivity contribution in [1.82, 2.24) is 9.97 Å². The highest BCUT2D eigenvalue weighted by Gasteiger charge is 2.25. The number of fused-ring (bicyclic) bond motifs is 1. The van der Waals surface area contributed by atoms with E-state index in [2.05, 4.69) is 78.3 Å². The van der Waals surface area contributed by atoms with Gasteiger partial charge < -0.3 is 4.90 Å². The van der Waals surface area contributed by atoms with Gasteiger partial charge in [0.2, 0.25) is 5.28 Å². The molecule has 2 aromatic carbocycles. The molecule has 0 atom stereocenters. The molecule has 32 heavy (non-hydrogen) atoms. The van der Waals surface area contributed by atoms with Crippen LogP contribution in [0.5, 0.6) is 0 Å². The van der Waals surface area contributed by atoms with Crippen molar-refractivity contribution in [3.63, 3.8) is 0 Å². The van der Waals surface area contributed by atoms with Crippen LogP contribution in [0.3, 0.4) is 0 Å². The van der Waals surface area contributed by atoms with Crippen molar-refractivity contribution in [3.05, 3.63) is 75.9 Å². The zero-order valence-electron chi connectivity index (χ0n) is 18.6. The van der Waals surface area contributed by atoms with E-state index in [1.54, 1.807) is 11.3 Å². The first-order valence-corrected chi connectivity index (χ1v) is 12.7. The zero-order chi connectivity index (χ0) is 22.1. The standard InChI is InChI=1S/C27H28ClN3S/c1-3-19-9-11-22(12-10-19)23-18(2)32-26-24(23)25(29-27(28)30-26)31-15-13-21(14-16-31)17-20-7-5-4-6-8-20/h4-12,21H,3,13-17H2,1-2H3. The monoisotopic (exact) mass is 461 g/mol. The fourth-order valence-corrected chi connectivity index (χ4v) is 6.10. The fraction of sp³-hybridized carbons (Fsp3) is 0.333. The molecule has 0 spiro atoms. The van der Waals surface area contributed by atoms with Crippen molar-refractivity contribution in [3.8, 4) is 11.1 Å². The SMILES string of the molecule is CCc1ccc(-c2c(C)sc3nc(Cl)nc(N4CCC(Cc5ccccc5)CC4)c23)cc1. The molecule has 1 fully saturated rings. The molecule has 1 aliphatic rings. The molecule has 164 valence electrons. The summed E-state index contributed by atoms with van der Waals surface area (Å²) >= 11 is 8.10. The number of aryl methyl sites for hydroxylation is 2. The van der Waals surface area contributed by atoms with Gasteiger partial charge in [0.15, 0.2) is 0 Å². The molecule has 3 nitrogen and oxygen atoms in total. The second kappa shape index (κ2) is 9.21. The summed E-state index contributed by atoms with van der Waals surface area (Å²) in [7, 11) is 0. The third kappa shape index (κ3) is 4.26. The first-order chi connectivity index (χ1) is 15.6. The maximum absolute atomic E-state index is 6.38. The Balaban J connectivity index is 1.46. The Morgan fingerprint density at radius 2 is 1.69 bits per heavy atom. The van der Waals surface area contributed by atoms with E-state index in [0.717, 1.165) is 42.0 Å². The summed E-state index contributed by atoms with van der Waals surface area (Å²) in [6.07, 6.45) is 4.54. The minimum absolute atomic E-state index is 0.341. The molecule has 0 N–H and O–H groups in total. The summed E-state index contributed by atoms with van der Waals surface area (Å²) in [6, 6.07) is 19.8. The van der Waals surface area contributed by atoms with Gasteiger partial charge in [-0.2, -0.15) is 4.98 Å². The number of benzene rings is 2. The molecule has 0 saturated carbocycles. The molecule has 0 amide bonds. The normalized spacial score (nSPS) is 14.9. The van der Waals surface area contributed by atoms with E-state index in [-0.39, 0.29) is 0 Å². The molecular formula is C27H28ClN3S. The molecule has 1 aliphatic heterocycles. The van der Waals surface area contributed by atoms with Gasteiger partial charge in [-0.15, -0.1) is 11.3 Å². The molecule has 5 heteroatoms. The quantitative estimate of drug-likeness (QED) is 0.291. The van der Waals surface area contributed by atoms with Crippen LogP contribution in [0.2, 0.25) is 5.28 Å². The van der Waals surface area contributed by atoms with Gasteiger partial charge in [0.1, 0.15) is 10.6 Å². The second-order valence-corrected chi connectivity index (χ2v) is 10.2. The van der Waals surface area contributed by atoms with Crippen LogP contribution >= 0.6 is 22.9 Å². The largest absolute Gasteiger partial charge is 0.356 e.